The maximum absolute atomic E-state index is 12.2. The SMILES string of the molecule is COc1ccccc1C(C)N(C)CCC(=O)Nc1cc(Cl)ccc1Cl. The van der Waals surface area contributed by atoms with Gasteiger partial charge in [-0.25, -0.2) is 0 Å². The first-order chi connectivity index (χ1) is 11.9. The molecule has 0 aliphatic heterocycles. The summed E-state index contributed by atoms with van der Waals surface area (Å²) in [5, 5.41) is 3.80. The Hall–Kier alpha value is -1.75. The van der Waals surface area contributed by atoms with Crippen LogP contribution in [0.3, 0.4) is 0 Å². The smallest absolute Gasteiger partial charge is 0.225 e. The van der Waals surface area contributed by atoms with Crippen molar-refractivity contribution in [2.75, 3.05) is 26.0 Å². The van der Waals surface area contributed by atoms with E-state index < -0.39 is 0 Å². The lowest BCUT2D eigenvalue weighted by Gasteiger charge is -2.26. The lowest BCUT2D eigenvalue weighted by molar-refractivity contribution is -0.116. The highest BCUT2D eigenvalue weighted by Gasteiger charge is 2.16. The number of carbonyl (C=O) groups is 1. The molecule has 25 heavy (non-hydrogen) atoms. The molecule has 0 aliphatic rings. The van der Waals surface area contributed by atoms with E-state index in [0.29, 0.717) is 28.7 Å². The molecule has 2 aromatic carbocycles. The summed E-state index contributed by atoms with van der Waals surface area (Å²) >= 11 is 12.0. The van der Waals surface area contributed by atoms with Gasteiger partial charge in [-0.2, -0.15) is 0 Å². The lowest BCUT2D eigenvalue weighted by Crippen LogP contribution is -2.27. The van der Waals surface area contributed by atoms with Gasteiger partial charge in [0, 0.05) is 29.6 Å². The third-order valence-electron chi connectivity index (χ3n) is 4.14. The number of amides is 1. The van der Waals surface area contributed by atoms with Crippen molar-refractivity contribution in [2.45, 2.75) is 19.4 Å². The quantitative estimate of drug-likeness (QED) is 0.732. The molecule has 1 atom stereocenters. The van der Waals surface area contributed by atoms with Gasteiger partial charge in [-0.05, 0) is 38.2 Å². The fraction of sp³-hybridized carbons (Fsp3) is 0.316. The third-order valence-corrected chi connectivity index (χ3v) is 4.71. The van der Waals surface area contributed by atoms with Crippen molar-refractivity contribution in [3.8, 4) is 5.75 Å². The first-order valence-corrected chi connectivity index (χ1v) is 8.76. The topological polar surface area (TPSA) is 41.6 Å². The van der Waals surface area contributed by atoms with E-state index in [0.717, 1.165) is 11.3 Å². The van der Waals surface area contributed by atoms with Crippen molar-refractivity contribution in [3.63, 3.8) is 0 Å². The minimum atomic E-state index is -0.108. The van der Waals surface area contributed by atoms with Crippen LogP contribution in [-0.2, 0) is 4.79 Å². The number of hydrogen-bond donors (Lipinski definition) is 1. The number of nitrogens with one attached hydrogen (secondary N) is 1. The first-order valence-electron chi connectivity index (χ1n) is 8.00. The fourth-order valence-corrected chi connectivity index (χ4v) is 2.86. The van der Waals surface area contributed by atoms with Crippen molar-refractivity contribution >= 4 is 34.8 Å². The zero-order chi connectivity index (χ0) is 18.4. The van der Waals surface area contributed by atoms with E-state index in [1.165, 1.54) is 0 Å². The fourth-order valence-electron chi connectivity index (χ4n) is 2.53. The summed E-state index contributed by atoms with van der Waals surface area (Å²) in [4.78, 5) is 14.3. The second-order valence-corrected chi connectivity index (χ2v) is 6.66. The molecule has 1 amide bonds. The number of halogens is 2. The van der Waals surface area contributed by atoms with Gasteiger partial charge in [0.05, 0.1) is 17.8 Å². The molecule has 0 aliphatic carbocycles. The van der Waals surface area contributed by atoms with Gasteiger partial charge in [0.1, 0.15) is 5.75 Å². The van der Waals surface area contributed by atoms with Gasteiger partial charge in [-0.3, -0.25) is 9.69 Å². The minimum Gasteiger partial charge on any atom is -0.496 e. The van der Waals surface area contributed by atoms with Crippen LogP contribution in [-0.4, -0.2) is 31.5 Å². The van der Waals surface area contributed by atoms with Crippen LogP contribution in [0.1, 0.15) is 24.9 Å². The Morgan fingerprint density at radius 1 is 1.24 bits per heavy atom. The van der Waals surface area contributed by atoms with Gasteiger partial charge < -0.3 is 10.1 Å². The summed E-state index contributed by atoms with van der Waals surface area (Å²) in [7, 11) is 3.64. The summed E-state index contributed by atoms with van der Waals surface area (Å²) < 4.78 is 5.41. The Labute approximate surface area is 158 Å². The number of carbonyl (C=O) groups excluding carboxylic acids is 1. The predicted molar refractivity (Wildman–Crippen MR) is 104 cm³/mol. The maximum Gasteiger partial charge on any atom is 0.225 e. The molecular weight excluding hydrogens is 359 g/mol. The number of anilines is 1. The van der Waals surface area contributed by atoms with E-state index >= 15 is 0 Å². The number of rotatable bonds is 7. The lowest BCUT2D eigenvalue weighted by atomic mass is 10.1. The van der Waals surface area contributed by atoms with Gasteiger partial charge in [-0.15, -0.1) is 0 Å². The Bertz CT molecular complexity index is 737. The molecule has 1 N–H and O–H groups in total. The van der Waals surface area contributed by atoms with Crippen LogP contribution >= 0.6 is 23.2 Å². The molecule has 0 aromatic heterocycles. The Morgan fingerprint density at radius 2 is 1.96 bits per heavy atom. The molecule has 0 heterocycles. The molecule has 0 saturated heterocycles. The van der Waals surface area contributed by atoms with Gasteiger partial charge in [-0.1, -0.05) is 41.4 Å². The molecule has 4 nitrogen and oxygen atoms in total. The standard InChI is InChI=1S/C19H22Cl2N2O2/c1-13(15-6-4-5-7-18(15)25-3)23(2)11-10-19(24)22-17-12-14(20)8-9-16(17)21/h4-9,12-13H,10-11H2,1-3H3,(H,22,24). The second kappa shape index (κ2) is 9.09. The normalized spacial score (nSPS) is 12.1. The first kappa shape index (κ1) is 19.6. The molecule has 6 heteroatoms. The van der Waals surface area contributed by atoms with Crippen molar-refractivity contribution in [2.24, 2.45) is 0 Å². The van der Waals surface area contributed by atoms with Crippen LogP contribution in [0.15, 0.2) is 42.5 Å². The summed E-state index contributed by atoms with van der Waals surface area (Å²) in [6, 6.07) is 13.0. The highest BCUT2D eigenvalue weighted by atomic mass is 35.5. The largest absolute Gasteiger partial charge is 0.496 e. The Morgan fingerprint density at radius 3 is 2.68 bits per heavy atom. The van der Waals surface area contributed by atoms with Crippen LogP contribution in [0.4, 0.5) is 5.69 Å². The second-order valence-electron chi connectivity index (χ2n) is 5.82. The van der Waals surface area contributed by atoms with E-state index in [4.69, 9.17) is 27.9 Å². The van der Waals surface area contributed by atoms with E-state index in [1.807, 2.05) is 31.3 Å². The molecule has 0 spiro atoms. The minimum absolute atomic E-state index is 0.108. The van der Waals surface area contributed by atoms with Crippen molar-refractivity contribution in [3.05, 3.63) is 58.1 Å². The number of hydrogen-bond acceptors (Lipinski definition) is 3. The molecule has 2 rings (SSSR count). The van der Waals surface area contributed by atoms with E-state index in [2.05, 4.69) is 17.1 Å². The van der Waals surface area contributed by atoms with Crippen molar-refractivity contribution in [1.82, 2.24) is 4.90 Å². The molecule has 0 radical (unpaired) electrons. The van der Waals surface area contributed by atoms with Crippen LogP contribution in [0.25, 0.3) is 0 Å². The highest BCUT2D eigenvalue weighted by Crippen LogP contribution is 2.28. The molecule has 1 unspecified atom stereocenters. The van der Waals surface area contributed by atoms with E-state index in [-0.39, 0.29) is 11.9 Å². The van der Waals surface area contributed by atoms with E-state index in [9.17, 15) is 4.79 Å². The van der Waals surface area contributed by atoms with Crippen molar-refractivity contribution < 1.29 is 9.53 Å². The summed E-state index contributed by atoms with van der Waals surface area (Å²) in [6.07, 6.45) is 0.346. The maximum atomic E-state index is 12.2. The molecular formula is C19H22Cl2N2O2. The molecule has 134 valence electrons. The Kier molecular flexibility index (Phi) is 7.12. The van der Waals surface area contributed by atoms with Crippen LogP contribution in [0, 0.1) is 0 Å². The van der Waals surface area contributed by atoms with Gasteiger partial charge >= 0.3 is 0 Å². The predicted octanol–water partition coefficient (Wildman–Crippen LogP) is 5.02. The third kappa shape index (κ3) is 5.36. The zero-order valence-electron chi connectivity index (χ0n) is 14.6. The van der Waals surface area contributed by atoms with E-state index in [1.54, 1.807) is 25.3 Å². The summed E-state index contributed by atoms with van der Waals surface area (Å²) in [5.74, 6) is 0.736. The van der Waals surface area contributed by atoms with Crippen LogP contribution in [0.5, 0.6) is 5.75 Å². The number of para-hydroxylation sites is 1. The van der Waals surface area contributed by atoms with Crippen LogP contribution in [0.2, 0.25) is 10.0 Å². The summed E-state index contributed by atoms with van der Waals surface area (Å²) in [6.45, 7) is 2.69. The highest BCUT2D eigenvalue weighted by molar-refractivity contribution is 6.35. The molecule has 0 bridgehead atoms. The molecule has 0 saturated carbocycles. The number of ether oxygens (including phenoxy) is 1. The van der Waals surface area contributed by atoms with Gasteiger partial charge in [0.15, 0.2) is 0 Å². The number of nitrogens with zero attached hydrogens (tertiary/aromatic N) is 1. The Balaban J connectivity index is 1.93. The summed E-state index contributed by atoms with van der Waals surface area (Å²) in [5.41, 5.74) is 1.62. The monoisotopic (exact) mass is 380 g/mol. The molecule has 0 fully saturated rings. The van der Waals surface area contributed by atoms with Crippen LogP contribution < -0.4 is 10.1 Å². The number of methoxy groups -OCH3 is 1. The number of benzene rings is 2. The zero-order valence-corrected chi connectivity index (χ0v) is 16.1. The molecule has 2 aromatic rings. The van der Waals surface area contributed by atoms with Crippen molar-refractivity contribution in [1.29, 1.82) is 0 Å². The average Bonchev–Trinajstić information content (AvgIpc) is 2.62. The van der Waals surface area contributed by atoms with Gasteiger partial charge in [0.25, 0.3) is 0 Å². The average molecular weight is 381 g/mol. The van der Waals surface area contributed by atoms with Gasteiger partial charge in [0.2, 0.25) is 5.91 Å².